The molecule has 0 spiro atoms. The quantitative estimate of drug-likeness (QED) is 0.520. The summed E-state index contributed by atoms with van der Waals surface area (Å²) in [7, 11) is -3.59. The molecule has 0 bridgehead atoms. The number of rotatable bonds is 5. The molecular weight excluding hydrogens is 450 g/mol. The van der Waals surface area contributed by atoms with Gasteiger partial charge in [0.25, 0.3) is 0 Å². The van der Waals surface area contributed by atoms with Crippen molar-refractivity contribution in [1.29, 1.82) is 0 Å². The second kappa shape index (κ2) is 9.18. The second-order valence-electron chi connectivity index (χ2n) is 9.71. The molecule has 34 heavy (non-hydrogen) atoms. The average molecular weight is 482 g/mol. The fourth-order valence-corrected chi connectivity index (χ4v) is 5.86. The van der Waals surface area contributed by atoms with Crippen molar-refractivity contribution in [2.75, 3.05) is 23.7 Å². The van der Waals surface area contributed by atoms with Crippen LogP contribution in [-0.4, -0.2) is 39.2 Å². The van der Waals surface area contributed by atoms with Gasteiger partial charge in [-0.15, -0.1) is 0 Å². The summed E-state index contributed by atoms with van der Waals surface area (Å²) in [5, 5.41) is 4.29. The first-order valence-electron chi connectivity index (χ1n) is 11.4. The van der Waals surface area contributed by atoms with Gasteiger partial charge in [0.2, 0.25) is 0 Å². The number of benzene rings is 3. The van der Waals surface area contributed by atoms with Crippen LogP contribution in [0, 0.1) is 0 Å². The van der Waals surface area contributed by atoms with E-state index >= 15 is 0 Å². The van der Waals surface area contributed by atoms with Gasteiger partial charge in [-0.05, 0) is 57.0 Å². The van der Waals surface area contributed by atoms with Crippen LogP contribution >= 0.6 is 0 Å². The number of ether oxygens (including phenoxy) is 1. The Morgan fingerprint density at radius 2 is 1.82 bits per heavy atom. The Bertz CT molecular complexity index is 1320. The van der Waals surface area contributed by atoms with Crippen molar-refractivity contribution in [3.05, 3.63) is 66.2 Å². The lowest BCUT2D eigenvalue weighted by Gasteiger charge is -2.22. The van der Waals surface area contributed by atoms with E-state index in [0.29, 0.717) is 23.2 Å². The Morgan fingerprint density at radius 3 is 2.56 bits per heavy atom. The minimum absolute atomic E-state index is 0.0246. The Morgan fingerprint density at radius 1 is 1.09 bits per heavy atom. The highest BCUT2D eigenvalue weighted by molar-refractivity contribution is 7.90. The minimum atomic E-state index is -3.59. The number of fused-ring (bicyclic) bond motifs is 1. The lowest BCUT2D eigenvalue weighted by Crippen LogP contribution is -2.40. The van der Waals surface area contributed by atoms with E-state index in [4.69, 9.17) is 10.5 Å². The highest BCUT2D eigenvalue weighted by atomic mass is 32.2. The Kier molecular flexibility index (Phi) is 6.45. The fourth-order valence-electron chi connectivity index (χ4n) is 4.29. The van der Waals surface area contributed by atoms with E-state index in [0.717, 1.165) is 24.0 Å². The van der Waals surface area contributed by atoms with Crippen LogP contribution < -0.4 is 16.0 Å². The molecule has 0 unspecified atom stereocenters. The average Bonchev–Trinajstić information content (AvgIpc) is 3.21. The number of sulfone groups is 1. The van der Waals surface area contributed by atoms with E-state index in [1.165, 1.54) is 0 Å². The van der Waals surface area contributed by atoms with Crippen molar-refractivity contribution >= 4 is 38.1 Å². The van der Waals surface area contributed by atoms with Crippen LogP contribution in [0.1, 0.15) is 32.8 Å². The largest absolute Gasteiger partial charge is 0.444 e. The van der Waals surface area contributed by atoms with Crippen molar-refractivity contribution in [3.63, 3.8) is 0 Å². The monoisotopic (exact) mass is 481 g/mol. The number of anilines is 2. The van der Waals surface area contributed by atoms with E-state index in [1.54, 1.807) is 18.2 Å². The maximum atomic E-state index is 13.3. The molecule has 1 heterocycles. The van der Waals surface area contributed by atoms with Gasteiger partial charge in [0, 0.05) is 35.2 Å². The molecule has 4 rings (SSSR count). The molecule has 3 aromatic carbocycles. The van der Waals surface area contributed by atoms with Crippen molar-refractivity contribution < 1.29 is 17.9 Å². The highest BCUT2D eigenvalue weighted by Crippen LogP contribution is 2.30. The van der Waals surface area contributed by atoms with E-state index in [1.807, 2.05) is 63.2 Å². The topological polar surface area (TPSA) is 102 Å². The molecule has 7 nitrogen and oxygen atoms in total. The zero-order valence-corrected chi connectivity index (χ0v) is 20.6. The van der Waals surface area contributed by atoms with Gasteiger partial charge in [-0.25, -0.2) is 13.2 Å². The van der Waals surface area contributed by atoms with Crippen LogP contribution in [0.3, 0.4) is 0 Å². The molecule has 1 saturated heterocycles. The standard InChI is InChI=1S/C26H31N3O4S/c1-26(2,3)33-25(30)28-19-13-14-29(16-19)20-8-6-7-18(15-20)17-34(31,32)24-12-11-23(27)21-9-4-5-10-22(21)24/h4-12,15,19H,13-14,16-17,27H2,1-3H3,(H,28,30)/t19-/m1/s1. The molecule has 1 atom stereocenters. The Hall–Kier alpha value is -3.26. The second-order valence-corrected chi connectivity index (χ2v) is 11.7. The van der Waals surface area contributed by atoms with Gasteiger partial charge >= 0.3 is 6.09 Å². The molecule has 180 valence electrons. The molecule has 1 aliphatic rings. The van der Waals surface area contributed by atoms with Crippen molar-refractivity contribution in [2.24, 2.45) is 0 Å². The van der Waals surface area contributed by atoms with Gasteiger partial charge < -0.3 is 20.7 Å². The summed E-state index contributed by atoms with van der Waals surface area (Å²) in [6.07, 6.45) is 0.369. The molecule has 0 saturated carbocycles. The smallest absolute Gasteiger partial charge is 0.407 e. The summed E-state index contributed by atoms with van der Waals surface area (Å²) in [6.45, 7) is 6.90. The van der Waals surface area contributed by atoms with Crippen LogP contribution in [0.2, 0.25) is 0 Å². The van der Waals surface area contributed by atoms with Crippen LogP contribution in [0.25, 0.3) is 10.8 Å². The van der Waals surface area contributed by atoms with Crippen LogP contribution in [-0.2, 0) is 20.3 Å². The van der Waals surface area contributed by atoms with Crippen LogP contribution in [0.4, 0.5) is 16.2 Å². The maximum Gasteiger partial charge on any atom is 0.407 e. The number of nitrogen functional groups attached to an aromatic ring is 1. The maximum absolute atomic E-state index is 13.3. The number of hydrogen-bond acceptors (Lipinski definition) is 6. The minimum Gasteiger partial charge on any atom is -0.444 e. The lowest BCUT2D eigenvalue weighted by molar-refractivity contribution is 0.0509. The molecule has 3 N–H and O–H groups in total. The summed E-state index contributed by atoms with van der Waals surface area (Å²) in [5.41, 5.74) is 7.70. The number of hydrogen-bond donors (Lipinski definition) is 2. The zero-order chi connectivity index (χ0) is 24.5. The van der Waals surface area contributed by atoms with E-state index in [-0.39, 0.29) is 16.7 Å². The zero-order valence-electron chi connectivity index (χ0n) is 19.7. The first-order chi connectivity index (χ1) is 16.0. The van der Waals surface area contributed by atoms with E-state index < -0.39 is 21.5 Å². The summed E-state index contributed by atoms with van der Waals surface area (Å²) in [4.78, 5) is 14.5. The van der Waals surface area contributed by atoms with Crippen molar-refractivity contribution in [2.45, 2.75) is 49.5 Å². The highest BCUT2D eigenvalue weighted by Gasteiger charge is 2.27. The summed E-state index contributed by atoms with van der Waals surface area (Å²) in [6, 6.07) is 18.1. The third-order valence-electron chi connectivity index (χ3n) is 5.79. The van der Waals surface area contributed by atoms with Gasteiger partial charge in [0.1, 0.15) is 5.60 Å². The molecule has 3 aromatic rings. The van der Waals surface area contributed by atoms with E-state index in [2.05, 4.69) is 10.2 Å². The Balaban J connectivity index is 1.49. The first-order valence-corrected chi connectivity index (χ1v) is 13.0. The van der Waals surface area contributed by atoms with Gasteiger partial charge in [-0.2, -0.15) is 0 Å². The van der Waals surface area contributed by atoms with Crippen LogP contribution in [0.15, 0.2) is 65.6 Å². The summed E-state index contributed by atoms with van der Waals surface area (Å²) >= 11 is 0. The van der Waals surface area contributed by atoms with Gasteiger partial charge in [-0.1, -0.05) is 36.4 Å². The molecule has 1 aliphatic heterocycles. The summed E-state index contributed by atoms with van der Waals surface area (Å²) < 4.78 is 32.0. The van der Waals surface area contributed by atoms with Gasteiger partial charge in [0.05, 0.1) is 16.7 Å². The first kappa shape index (κ1) is 23.9. The fraction of sp³-hybridized carbons (Fsp3) is 0.346. The number of alkyl carbamates (subject to hydrolysis) is 1. The van der Waals surface area contributed by atoms with Crippen LogP contribution in [0.5, 0.6) is 0 Å². The van der Waals surface area contributed by atoms with E-state index in [9.17, 15) is 13.2 Å². The number of carbonyl (C=O) groups excluding carboxylic acids is 1. The lowest BCUT2D eigenvalue weighted by atomic mass is 10.1. The van der Waals surface area contributed by atoms with Crippen molar-refractivity contribution in [3.8, 4) is 0 Å². The number of carbonyl (C=O) groups is 1. The third kappa shape index (κ3) is 5.44. The summed E-state index contributed by atoms with van der Waals surface area (Å²) in [5.74, 6) is -0.109. The van der Waals surface area contributed by atoms with Gasteiger partial charge in [0.15, 0.2) is 9.84 Å². The Labute approximate surface area is 200 Å². The normalized spacial score (nSPS) is 16.6. The number of nitrogens with two attached hydrogens (primary N) is 1. The molecule has 0 radical (unpaired) electrons. The predicted molar refractivity (Wildman–Crippen MR) is 136 cm³/mol. The number of nitrogens with one attached hydrogen (secondary N) is 1. The molecule has 0 aliphatic carbocycles. The SMILES string of the molecule is CC(C)(C)OC(=O)N[C@@H]1CCN(c2cccc(CS(=O)(=O)c3ccc(N)c4ccccc34)c2)C1. The molecule has 0 aromatic heterocycles. The third-order valence-corrected chi connectivity index (χ3v) is 7.53. The molecule has 1 fully saturated rings. The predicted octanol–water partition coefficient (Wildman–Crippen LogP) is 4.50. The molecule has 1 amide bonds. The molecule has 8 heteroatoms. The number of nitrogens with zero attached hydrogens (tertiary/aromatic N) is 1. The van der Waals surface area contributed by atoms with Gasteiger partial charge in [-0.3, -0.25) is 0 Å². The molecular formula is C26H31N3O4S. The van der Waals surface area contributed by atoms with Crippen molar-refractivity contribution in [1.82, 2.24) is 5.32 Å². The number of amides is 1.